The maximum atomic E-state index is 3.56. The molecule has 0 spiro atoms. The van der Waals surface area contributed by atoms with Crippen LogP contribution in [0.4, 0.5) is 0 Å². The van der Waals surface area contributed by atoms with Crippen molar-refractivity contribution < 1.29 is 0 Å². The van der Waals surface area contributed by atoms with Gasteiger partial charge in [-0.1, -0.05) is 29.7 Å². The molecule has 0 radical (unpaired) electrons. The van der Waals surface area contributed by atoms with E-state index in [1.54, 1.807) is 0 Å². The van der Waals surface area contributed by atoms with Crippen molar-refractivity contribution >= 4 is 0 Å². The topological polar surface area (TPSA) is 0 Å². The molecule has 0 heteroatoms. The second-order valence-corrected chi connectivity index (χ2v) is 4.83. The van der Waals surface area contributed by atoms with Crippen LogP contribution in [0.2, 0.25) is 0 Å². The van der Waals surface area contributed by atoms with Crippen molar-refractivity contribution in [3.63, 3.8) is 0 Å². The molecular weight excluding hydrogens is 204 g/mol. The molecule has 0 unspecified atom stereocenters. The lowest BCUT2D eigenvalue weighted by atomic mass is 10.4. The van der Waals surface area contributed by atoms with E-state index < -0.39 is 0 Å². The molecule has 0 saturated heterocycles. The van der Waals surface area contributed by atoms with Crippen molar-refractivity contribution in [2.24, 2.45) is 0 Å². The monoisotopic (exact) mass is 240 g/mol. The van der Waals surface area contributed by atoms with E-state index in [0.717, 1.165) is 0 Å². The van der Waals surface area contributed by atoms with Crippen LogP contribution < -0.4 is 0 Å². The van der Waals surface area contributed by atoms with Gasteiger partial charge in [0.15, 0.2) is 0 Å². The molecule has 0 N–H and O–H groups in total. The van der Waals surface area contributed by atoms with Gasteiger partial charge in [-0.15, -0.1) is 26.3 Å². The molecule has 0 aromatic carbocycles. The van der Waals surface area contributed by atoms with Crippen LogP contribution >= 0.6 is 0 Å². The third-order valence-corrected chi connectivity index (χ3v) is 0. The smallest absolute Gasteiger partial charge is 0.0445 e. The maximum Gasteiger partial charge on any atom is -0.0445 e. The fraction of sp³-hybridized carbons (Fsp3) is 0.529. The fourth-order valence-corrected chi connectivity index (χ4v) is 0. The Labute approximate surface area is 112 Å². The van der Waals surface area contributed by atoms with Crippen LogP contribution in [0.25, 0.3) is 0 Å². The third-order valence-electron chi connectivity index (χ3n) is 0. The minimum absolute atomic E-state index is 0. The van der Waals surface area contributed by atoms with Gasteiger partial charge in [0.25, 0.3) is 0 Å². The molecule has 0 nitrogen and oxygen atoms in total. The second-order valence-electron chi connectivity index (χ2n) is 4.83. The van der Waals surface area contributed by atoms with Crippen LogP contribution in [-0.4, -0.2) is 0 Å². The van der Waals surface area contributed by atoms with E-state index in [0.29, 0.717) is 0 Å². The Hall–Kier alpha value is -1.04. The van der Waals surface area contributed by atoms with Crippen molar-refractivity contribution in [1.82, 2.24) is 0 Å². The van der Waals surface area contributed by atoms with E-state index in [4.69, 9.17) is 0 Å². The number of hydrogen-bond donors (Lipinski definition) is 0. The molecule has 0 saturated carbocycles. The minimum atomic E-state index is 0. The Balaban J connectivity index is -0.0000000369. The highest BCUT2D eigenvalue weighted by Crippen LogP contribution is 1.74. The van der Waals surface area contributed by atoms with Gasteiger partial charge in [-0.3, -0.25) is 0 Å². The van der Waals surface area contributed by atoms with Crippen molar-refractivity contribution in [1.29, 1.82) is 0 Å². The van der Waals surface area contributed by atoms with Crippen LogP contribution in [0, 0.1) is 0 Å². The quantitative estimate of drug-likeness (QED) is 0.401. The summed E-state index contributed by atoms with van der Waals surface area (Å²) in [5.41, 5.74) is 4.67. The zero-order valence-electron chi connectivity index (χ0n) is 12.8. The minimum Gasteiger partial charge on any atom is -0.100 e. The Bertz CT molecular complexity index is 140. The van der Waals surface area contributed by atoms with E-state index in [1.165, 1.54) is 22.3 Å². The Morgan fingerprint density at radius 1 is 0.412 bits per heavy atom. The van der Waals surface area contributed by atoms with Gasteiger partial charge in [0.1, 0.15) is 0 Å². The number of hydrogen-bond acceptors (Lipinski definition) is 0. The van der Waals surface area contributed by atoms with E-state index >= 15 is 0 Å². The predicted molar refractivity (Wildman–Crippen MR) is 88.7 cm³/mol. The molecule has 0 aliphatic heterocycles. The summed E-state index contributed by atoms with van der Waals surface area (Å²) in [5.74, 6) is 0. The number of allylic oxidation sites excluding steroid dienone is 4. The number of rotatable bonds is 0. The molecule has 0 aromatic heterocycles. The van der Waals surface area contributed by atoms with E-state index in [9.17, 15) is 0 Å². The summed E-state index contributed by atoms with van der Waals surface area (Å²) >= 11 is 0. The van der Waals surface area contributed by atoms with Gasteiger partial charge >= 0.3 is 0 Å². The zero-order chi connectivity index (χ0) is 14.3. The van der Waals surface area contributed by atoms with Crippen LogP contribution in [0.15, 0.2) is 48.6 Å². The normalized spacial score (nSPS) is 6.12. The van der Waals surface area contributed by atoms with Gasteiger partial charge < -0.3 is 0 Å². The molecule has 0 aliphatic rings. The summed E-state index contributed by atoms with van der Waals surface area (Å²) in [6.45, 7) is 30.0. The lowest BCUT2D eigenvalue weighted by molar-refractivity contribution is 1.42. The molecule has 0 aliphatic carbocycles. The van der Waals surface area contributed by atoms with Crippen LogP contribution in [-0.2, 0) is 0 Å². The van der Waals surface area contributed by atoms with Crippen molar-refractivity contribution in [3.05, 3.63) is 48.6 Å². The average molecular weight is 240 g/mol. The first-order valence-electron chi connectivity index (χ1n) is 5.41. The average Bonchev–Trinajstić information content (AvgIpc) is 1.76. The lowest BCUT2D eigenvalue weighted by Crippen LogP contribution is -1.43. The summed E-state index contributed by atoms with van der Waals surface area (Å²) in [6, 6.07) is 0. The van der Waals surface area contributed by atoms with Gasteiger partial charge in [-0.2, -0.15) is 0 Å². The van der Waals surface area contributed by atoms with E-state index in [1.807, 2.05) is 55.4 Å². The fourth-order valence-electron chi connectivity index (χ4n) is 0. The van der Waals surface area contributed by atoms with Crippen molar-refractivity contribution in [2.45, 2.75) is 62.8 Å². The summed E-state index contributed by atoms with van der Waals surface area (Å²) in [7, 11) is 0. The third kappa shape index (κ3) is 2320. The summed E-state index contributed by atoms with van der Waals surface area (Å²) in [6.07, 6.45) is 0. The van der Waals surface area contributed by atoms with Gasteiger partial charge in [-0.05, 0) is 55.4 Å². The molecule has 17 heavy (non-hydrogen) atoms. The maximum absolute atomic E-state index is 3.56. The molecule has 0 heterocycles. The Morgan fingerprint density at radius 3 is 0.412 bits per heavy atom. The highest BCUT2D eigenvalue weighted by atomic mass is 13.6. The molecule has 0 amide bonds. The summed E-state index contributed by atoms with van der Waals surface area (Å²) in [4.78, 5) is 0. The van der Waals surface area contributed by atoms with E-state index in [-0.39, 0.29) is 7.43 Å². The molecular formula is C17H36. The van der Waals surface area contributed by atoms with Crippen molar-refractivity contribution in [2.75, 3.05) is 0 Å². The SMILES string of the molecule is C.C=C(C)C.C=C(C)C.C=C(C)C.C=C(C)C. The zero-order valence-corrected chi connectivity index (χ0v) is 12.8. The molecule has 0 atom stereocenters. The first-order chi connectivity index (χ1) is 6.93. The Morgan fingerprint density at radius 2 is 0.412 bits per heavy atom. The van der Waals surface area contributed by atoms with Gasteiger partial charge in [-0.25, -0.2) is 0 Å². The standard InChI is InChI=1S/4C4H8.CH4/c4*1-4(2)3;/h4*1H2,2-3H3;1H4. The molecule has 104 valence electrons. The van der Waals surface area contributed by atoms with Crippen molar-refractivity contribution in [3.8, 4) is 0 Å². The van der Waals surface area contributed by atoms with Crippen LogP contribution in [0.1, 0.15) is 62.8 Å². The molecule has 0 rings (SSSR count). The molecule has 0 bridgehead atoms. The largest absolute Gasteiger partial charge is 0.100 e. The highest BCUT2D eigenvalue weighted by molar-refractivity contribution is 4.79. The van der Waals surface area contributed by atoms with E-state index in [2.05, 4.69) is 26.3 Å². The molecule has 0 aromatic rings. The predicted octanol–water partition coefficient (Wildman–Crippen LogP) is 6.97. The first-order valence-corrected chi connectivity index (χ1v) is 5.41. The lowest BCUT2D eigenvalue weighted by Gasteiger charge is -1.65. The van der Waals surface area contributed by atoms with Crippen LogP contribution in [0.3, 0.4) is 0 Å². The van der Waals surface area contributed by atoms with Gasteiger partial charge in [0.2, 0.25) is 0 Å². The summed E-state index contributed by atoms with van der Waals surface area (Å²) < 4.78 is 0. The van der Waals surface area contributed by atoms with Gasteiger partial charge in [0.05, 0.1) is 0 Å². The van der Waals surface area contributed by atoms with Gasteiger partial charge in [0, 0.05) is 0 Å². The van der Waals surface area contributed by atoms with Crippen LogP contribution in [0.5, 0.6) is 0 Å². The molecule has 0 fully saturated rings. The highest BCUT2D eigenvalue weighted by Gasteiger charge is 1.52. The second kappa shape index (κ2) is 24.3. The Kier molecular flexibility index (Phi) is 42.5. The first kappa shape index (κ1) is 29.7. The summed E-state index contributed by atoms with van der Waals surface area (Å²) in [5, 5.41) is 0.